The SMILES string of the molecule is CONC1=CCC(CC(C#N)(C#N)CCC(F)(F)F)CC1. The van der Waals surface area contributed by atoms with Crippen molar-refractivity contribution in [2.45, 2.75) is 44.7 Å². The third-order valence-corrected chi connectivity index (χ3v) is 3.65. The highest BCUT2D eigenvalue weighted by Crippen LogP contribution is 2.38. The van der Waals surface area contributed by atoms with Gasteiger partial charge >= 0.3 is 6.18 Å². The molecule has 1 aliphatic carbocycles. The number of halogens is 3. The number of nitrogens with one attached hydrogen (secondary N) is 1. The number of alkyl halides is 3. The van der Waals surface area contributed by atoms with Crippen LogP contribution >= 0.6 is 0 Å². The average molecular weight is 301 g/mol. The summed E-state index contributed by atoms with van der Waals surface area (Å²) >= 11 is 0. The molecule has 1 N–H and O–H groups in total. The van der Waals surface area contributed by atoms with Crippen LogP contribution in [0.3, 0.4) is 0 Å². The van der Waals surface area contributed by atoms with E-state index in [1.807, 2.05) is 6.08 Å². The minimum atomic E-state index is -4.35. The lowest BCUT2D eigenvalue weighted by Crippen LogP contribution is -2.25. The molecule has 1 atom stereocenters. The molecule has 4 nitrogen and oxygen atoms in total. The van der Waals surface area contributed by atoms with Crippen molar-refractivity contribution in [2.75, 3.05) is 7.11 Å². The fourth-order valence-corrected chi connectivity index (χ4v) is 2.48. The summed E-state index contributed by atoms with van der Waals surface area (Å²) in [6.07, 6.45) is -1.79. The first-order valence-corrected chi connectivity index (χ1v) is 6.71. The Labute approximate surface area is 122 Å². The molecular weight excluding hydrogens is 283 g/mol. The molecule has 0 bridgehead atoms. The molecule has 0 aromatic heterocycles. The molecule has 21 heavy (non-hydrogen) atoms. The molecule has 0 radical (unpaired) electrons. The van der Waals surface area contributed by atoms with Crippen LogP contribution in [0, 0.1) is 34.0 Å². The smallest absolute Gasteiger partial charge is 0.280 e. The third kappa shape index (κ3) is 5.65. The van der Waals surface area contributed by atoms with Gasteiger partial charge in [0.25, 0.3) is 0 Å². The molecule has 0 saturated heterocycles. The number of rotatable bonds is 6. The number of nitriles is 2. The Kier molecular flexibility index (Phi) is 6.04. The fraction of sp³-hybridized carbons (Fsp3) is 0.714. The van der Waals surface area contributed by atoms with Gasteiger partial charge in [-0.15, -0.1) is 0 Å². The zero-order valence-electron chi connectivity index (χ0n) is 11.8. The molecule has 0 aromatic carbocycles. The summed E-state index contributed by atoms with van der Waals surface area (Å²) in [6.45, 7) is 0. The molecule has 0 saturated carbocycles. The summed E-state index contributed by atoms with van der Waals surface area (Å²) in [6, 6.07) is 3.60. The Hall–Kier alpha value is -1.73. The van der Waals surface area contributed by atoms with Gasteiger partial charge < -0.3 is 0 Å². The Balaban J connectivity index is 2.64. The molecule has 0 fully saturated rings. The lowest BCUT2D eigenvalue weighted by Gasteiger charge is -2.27. The maximum Gasteiger partial charge on any atom is 0.389 e. The fourth-order valence-electron chi connectivity index (χ4n) is 2.48. The Morgan fingerprint density at radius 2 is 2.00 bits per heavy atom. The van der Waals surface area contributed by atoms with Crippen molar-refractivity contribution in [3.8, 4) is 12.1 Å². The van der Waals surface area contributed by atoms with E-state index in [1.54, 1.807) is 12.1 Å². The molecule has 0 aliphatic heterocycles. The maximum atomic E-state index is 12.3. The van der Waals surface area contributed by atoms with Gasteiger partial charge in [0.15, 0.2) is 0 Å². The summed E-state index contributed by atoms with van der Waals surface area (Å²) < 4.78 is 37.0. The van der Waals surface area contributed by atoms with Gasteiger partial charge in [0.2, 0.25) is 0 Å². The number of hydrogen-bond donors (Lipinski definition) is 1. The van der Waals surface area contributed by atoms with Crippen LogP contribution in [0.2, 0.25) is 0 Å². The Morgan fingerprint density at radius 3 is 2.43 bits per heavy atom. The van der Waals surface area contributed by atoms with E-state index in [0.717, 1.165) is 12.1 Å². The van der Waals surface area contributed by atoms with Crippen molar-refractivity contribution >= 4 is 0 Å². The van der Waals surface area contributed by atoms with E-state index >= 15 is 0 Å². The predicted molar refractivity (Wildman–Crippen MR) is 69.1 cm³/mol. The van der Waals surface area contributed by atoms with Crippen LogP contribution in [0.5, 0.6) is 0 Å². The number of hydroxylamine groups is 1. The molecule has 0 spiro atoms. The molecule has 0 amide bonds. The second kappa shape index (κ2) is 7.33. The lowest BCUT2D eigenvalue weighted by atomic mass is 9.74. The van der Waals surface area contributed by atoms with Crippen molar-refractivity contribution in [3.63, 3.8) is 0 Å². The lowest BCUT2D eigenvalue weighted by molar-refractivity contribution is -0.138. The maximum absolute atomic E-state index is 12.3. The van der Waals surface area contributed by atoms with Crippen LogP contribution in [0.25, 0.3) is 0 Å². The van der Waals surface area contributed by atoms with Crippen molar-refractivity contribution < 1.29 is 18.0 Å². The van der Waals surface area contributed by atoms with Crippen molar-refractivity contribution in [3.05, 3.63) is 11.8 Å². The van der Waals surface area contributed by atoms with Gasteiger partial charge in [-0.2, -0.15) is 23.7 Å². The van der Waals surface area contributed by atoms with Gasteiger partial charge in [-0.1, -0.05) is 6.08 Å². The Bertz CT molecular complexity index is 446. The number of hydrogen-bond acceptors (Lipinski definition) is 4. The van der Waals surface area contributed by atoms with Gasteiger partial charge in [0, 0.05) is 12.1 Å². The summed E-state index contributed by atoms with van der Waals surface area (Å²) in [5.74, 6) is 0.0416. The van der Waals surface area contributed by atoms with E-state index in [0.29, 0.717) is 12.8 Å². The van der Waals surface area contributed by atoms with Crippen LogP contribution in [0.4, 0.5) is 13.2 Å². The minimum absolute atomic E-state index is 0.0416. The van der Waals surface area contributed by atoms with E-state index < -0.39 is 24.4 Å². The molecule has 1 rings (SSSR count). The van der Waals surface area contributed by atoms with Crippen LogP contribution < -0.4 is 5.48 Å². The van der Waals surface area contributed by atoms with Crippen LogP contribution in [-0.2, 0) is 4.84 Å². The normalized spacial score (nSPS) is 19.3. The molecule has 1 aliphatic rings. The van der Waals surface area contributed by atoms with Gasteiger partial charge in [0.1, 0.15) is 5.41 Å². The monoisotopic (exact) mass is 301 g/mol. The zero-order chi connectivity index (χ0) is 15.9. The highest BCUT2D eigenvalue weighted by molar-refractivity contribution is 5.15. The van der Waals surface area contributed by atoms with Gasteiger partial charge in [0.05, 0.1) is 19.2 Å². The van der Waals surface area contributed by atoms with E-state index in [-0.39, 0.29) is 12.3 Å². The van der Waals surface area contributed by atoms with E-state index in [1.165, 1.54) is 7.11 Å². The van der Waals surface area contributed by atoms with E-state index in [2.05, 4.69) is 5.48 Å². The standard InChI is InChI=1S/C14H18F3N3O/c1-21-20-12-4-2-11(3-5-12)8-13(9-18,10-19)6-7-14(15,16)17/h4,11,20H,2-3,5-8H2,1H3. The summed E-state index contributed by atoms with van der Waals surface area (Å²) in [5.41, 5.74) is 2.09. The predicted octanol–water partition coefficient (Wildman–Crippen LogP) is 3.59. The highest BCUT2D eigenvalue weighted by Gasteiger charge is 2.38. The minimum Gasteiger partial charge on any atom is -0.280 e. The number of allylic oxidation sites excluding steroid dienone is 2. The first-order chi connectivity index (χ1) is 9.84. The van der Waals surface area contributed by atoms with E-state index in [4.69, 9.17) is 15.4 Å². The summed E-state index contributed by atoms with van der Waals surface area (Å²) in [4.78, 5) is 4.79. The van der Waals surface area contributed by atoms with Crippen LogP contribution in [0.15, 0.2) is 11.8 Å². The molecule has 0 heterocycles. The Morgan fingerprint density at radius 1 is 1.33 bits per heavy atom. The van der Waals surface area contributed by atoms with Crippen LogP contribution in [-0.4, -0.2) is 13.3 Å². The number of nitrogens with zero attached hydrogens (tertiary/aromatic N) is 2. The second-order valence-electron chi connectivity index (χ2n) is 5.30. The summed E-state index contributed by atoms with van der Waals surface area (Å²) in [5, 5.41) is 18.3. The van der Waals surface area contributed by atoms with Crippen molar-refractivity contribution in [2.24, 2.45) is 11.3 Å². The average Bonchev–Trinajstić information content (AvgIpc) is 2.45. The summed E-state index contributed by atoms with van der Waals surface area (Å²) in [7, 11) is 1.50. The molecule has 7 heteroatoms. The van der Waals surface area contributed by atoms with Crippen LogP contribution in [0.1, 0.15) is 38.5 Å². The first-order valence-electron chi connectivity index (χ1n) is 6.71. The topological polar surface area (TPSA) is 68.8 Å². The highest BCUT2D eigenvalue weighted by atomic mass is 19.4. The van der Waals surface area contributed by atoms with Gasteiger partial charge in [-0.3, -0.25) is 10.3 Å². The third-order valence-electron chi connectivity index (χ3n) is 3.65. The van der Waals surface area contributed by atoms with Gasteiger partial charge in [-0.05, 0) is 38.0 Å². The van der Waals surface area contributed by atoms with Crippen molar-refractivity contribution in [1.29, 1.82) is 10.5 Å². The zero-order valence-corrected chi connectivity index (χ0v) is 11.8. The largest absolute Gasteiger partial charge is 0.389 e. The molecule has 0 aromatic rings. The molecular formula is C14H18F3N3O. The first kappa shape index (κ1) is 17.3. The van der Waals surface area contributed by atoms with Gasteiger partial charge in [-0.25, -0.2) is 0 Å². The van der Waals surface area contributed by atoms with E-state index in [9.17, 15) is 13.2 Å². The molecule has 116 valence electrons. The quantitative estimate of drug-likeness (QED) is 0.761. The molecule has 1 unspecified atom stereocenters. The van der Waals surface area contributed by atoms with Crippen molar-refractivity contribution in [1.82, 2.24) is 5.48 Å². The second-order valence-corrected chi connectivity index (χ2v) is 5.30.